The van der Waals surface area contributed by atoms with Crippen LogP contribution >= 0.6 is 0 Å². The van der Waals surface area contributed by atoms with E-state index in [0.29, 0.717) is 24.1 Å². The van der Waals surface area contributed by atoms with Gasteiger partial charge in [-0.05, 0) is 37.1 Å². The number of carboxylic acids is 1. The van der Waals surface area contributed by atoms with Crippen molar-refractivity contribution in [1.29, 1.82) is 0 Å². The minimum Gasteiger partial charge on any atom is -0.480 e. The Morgan fingerprint density at radius 2 is 1.64 bits per heavy atom. The standard InChI is InChI=1S/C16H20N2O4/c1-11(19)17-13-7-5-12(6-8-13)14(20)18-16(15(21)22)9-3-2-4-10-16/h5-8H,2-4,9-10H2,1H3,(H,17,19)(H,18,20)(H,21,22). The minimum atomic E-state index is -1.16. The Balaban J connectivity index is 2.10. The molecule has 0 spiro atoms. The molecule has 0 radical (unpaired) electrons. The molecule has 2 rings (SSSR count). The average molecular weight is 304 g/mol. The Bertz CT molecular complexity index is 574. The number of anilines is 1. The summed E-state index contributed by atoms with van der Waals surface area (Å²) in [6.07, 6.45) is 3.51. The first-order valence-electron chi connectivity index (χ1n) is 7.36. The van der Waals surface area contributed by atoms with E-state index in [1.807, 2.05) is 0 Å². The van der Waals surface area contributed by atoms with E-state index in [2.05, 4.69) is 10.6 Å². The van der Waals surface area contributed by atoms with Crippen LogP contribution in [0.1, 0.15) is 49.4 Å². The van der Waals surface area contributed by atoms with Crippen molar-refractivity contribution >= 4 is 23.5 Å². The lowest BCUT2D eigenvalue weighted by Crippen LogP contribution is -2.55. The van der Waals surface area contributed by atoms with Crippen LogP contribution in [0.2, 0.25) is 0 Å². The molecule has 0 bridgehead atoms. The van der Waals surface area contributed by atoms with E-state index in [0.717, 1.165) is 19.3 Å². The molecule has 6 heteroatoms. The van der Waals surface area contributed by atoms with E-state index < -0.39 is 17.4 Å². The van der Waals surface area contributed by atoms with Crippen LogP contribution in [0.4, 0.5) is 5.69 Å². The number of amides is 2. The molecular formula is C16H20N2O4. The van der Waals surface area contributed by atoms with Crippen molar-refractivity contribution in [2.75, 3.05) is 5.32 Å². The van der Waals surface area contributed by atoms with Crippen molar-refractivity contribution in [3.05, 3.63) is 29.8 Å². The maximum absolute atomic E-state index is 12.3. The van der Waals surface area contributed by atoms with Crippen LogP contribution in [0.25, 0.3) is 0 Å². The Kier molecular flexibility index (Phi) is 4.80. The lowest BCUT2D eigenvalue weighted by molar-refractivity contribution is -0.145. The van der Waals surface area contributed by atoms with Crippen molar-refractivity contribution in [3.63, 3.8) is 0 Å². The van der Waals surface area contributed by atoms with Crippen LogP contribution < -0.4 is 10.6 Å². The lowest BCUT2D eigenvalue weighted by atomic mass is 9.81. The first-order valence-corrected chi connectivity index (χ1v) is 7.36. The summed E-state index contributed by atoms with van der Waals surface area (Å²) in [5, 5.41) is 14.8. The number of rotatable bonds is 4. The van der Waals surface area contributed by atoms with Crippen LogP contribution in [-0.2, 0) is 9.59 Å². The van der Waals surface area contributed by atoms with Crippen molar-refractivity contribution in [1.82, 2.24) is 5.32 Å². The van der Waals surface area contributed by atoms with Crippen LogP contribution in [0, 0.1) is 0 Å². The summed E-state index contributed by atoms with van der Waals surface area (Å²) >= 11 is 0. The highest BCUT2D eigenvalue weighted by Crippen LogP contribution is 2.29. The molecule has 0 aromatic heterocycles. The quantitative estimate of drug-likeness (QED) is 0.794. The molecule has 1 fully saturated rings. The molecule has 0 atom stereocenters. The molecule has 1 aliphatic carbocycles. The first-order chi connectivity index (χ1) is 10.4. The Hall–Kier alpha value is -2.37. The van der Waals surface area contributed by atoms with Gasteiger partial charge < -0.3 is 15.7 Å². The Labute approximate surface area is 128 Å². The zero-order chi connectivity index (χ0) is 16.2. The lowest BCUT2D eigenvalue weighted by Gasteiger charge is -2.34. The van der Waals surface area contributed by atoms with Gasteiger partial charge >= 0.3 is 5.97 Å². The highest BCUT2D eigenvalue weighted by atomic mass is 16.4. The van der Waals surface area contributed by atoms with Gasteiger partial charge in [-0.1, -0.05) is 19.3 Å². The highest BCUT2D eigenvalue weighted by molar-refractivity contribution is 5.98. The molecule has 22 heavy (non-hydrogen) atoms. The van der Waals surface area contributed by atoms with Gasteiger partial charge in [0.05, 0.1) is 0 Å². The smallest absolute Gasteiger partial charge is 0.329 e. The van der Waals surface area contributed by atoms with Gasteiger partial charge in [0.25, 0.3) is 5.91 Å². The number of carbonyl (C=O) groups is 3. The van der Waals surface area contributed by atoms with Crippen molar-refractivity contribution < 1.29 is 19.5 Å². The van der Waals surface area contributed by atoms with Gasteiger partial charge in [0.15, 0.2) is 0 Å². The molecule has 6 nitrogen and oxygen atoms in total. The van der Waals surface area contributed by atoms with Crippen molar-refractivity contribution in [2.45, 2.75) is 44.6 Å². The van der Waals surface area contributed by atoms with Gasteiger partial charge in [-0.3, -0.25) is 9.59 Å². The van der Waals surface area contributed by atoms with Crippen LogP contribution in [0.3, 0.4) is 0 Å². The van der Waals surface area contributed by atoms with Gasteiger partial charge in [-0.2, -0.15) is 0 Å². The molecular weight excluding hydrogens is 284 g/mol. The van der Waals surface area contributed by atoms with Gasteiger partial charge in [0.1, 0.15) is 5.54 Å². The monoisotopic (exact) mass is 304 g/mol. The predicted octanol–water partition coefficient (Wildman–Crippen LogP) is 2.16. The molecule has 1 aromatic carbocycles. The zero-order valence-electron chi connectivity index (χ0n) is 12.5. The van der Waals surface area contributed by atoms with Crippen molar-refractivity contribution in [3.8, 4) is 0 Å². The van der Waals surface area contributed by atoms with Gasteiger partial charge in [0.2, 0.25) is 5.91 Å². The maximum atomic E-state index is 12.3. The van der Waals surface area contributed by atoms with Gasteiger partial charge in [0, 0.05) is 18.2 Å². The first kappa shape index (κ1) is 16.0. The third kappa shape index (κ3) is 3.63. The molecule has 0 unspecified atom stereocenters. The summed E-state index contributed by atoms with van der Waals surface area (Å²) < 4.78 is 0. The number of nitrogens with one attached hydrogen (secondary N) is 2. The van der Waals surface area contributed by atoms with E-state index in [-0.39, 0.29) is 5.91 Å². The number of carbonyl (C=O) groups excluding carboxylic acids is 2. The number of carboxylic acid groups (broad SMARTS) is 1. The fraction of sp³-hybridized carbons (Fsp3) is 0.438. The van der Waals surface area contributed by atoms with Crippen LogP contribution in [0.5, 0.6) is 0 Å². The van der Waals surface area contributed by atoms with Gasteiger partial charge in [-0.15, -0.1) is 0 Å². The number of hydrogen-bond acceptors (Lipinski definition) is 3. The molecule has 3 N–H and O–H groups in total. The van der Waals surface area contributed by atoms with Gasteiger partial charge in [-0.25, -0.2) is 4.79 Å². The van der Waals surface area contributed by atoms with E-state index >= 15 is 0 Å². The summed E-state index contributed by atoms with van der Waals surface area (Å²) in [7, 11) is 0. The largest absolute Gasteiger partial charge is 0.480 e. The Morgan fingerprint density at radius 1 is 1.05 bits per heavy atom. The third-order valence-electron chi connectivity index (χ3n) is 3.94. The molecule has 2 amide bonds. The summed E-state index contributed by atoms with van der Waals surface area (Å²) in [6, 6.07) is 6.37. The van der Waals surface area contributed by atoms with Crippen LogP contribution in [-0.4, -0.2) is 28.4 Å². The molecule has 1 saturated carbocycles. The molecule has 1 aromatic rings. The van der Waals surface area contributed by atoms with Crippen molar-refractivity contribution in [2.24, 2.45) is 0 Å². The molecule has 1 aliphatic rings. The van der Waals surface area contributed by atoms with E-state index in [4.69, 9.17) is 0 Å². The number of hydrogen-bond donors (Lipinski definition) is 3. The minimum absolute atomic E-state index is 0.191. The SMILES string of the molecule is CC(=O)Nc1ccc(C(=O)NC2(C(=O)O)CCCCC2)cc1. The fourth-order valence-corrected chi connectivity index (χ4v) is 2.75. The van der Waals surface area contributed by atoms with E-state index in [1.165, 1.54) is 6.92 Å². The summed E-state index contributed by atoms with van der Waals surface area (Å²) in [6.45, 7) is 1.40. The normalized spacial score (nSPS) is 16.6. The topological polar surface area (TPSA) is 95.5 Å². The fourth-order valence-electron chi connectivity index (χ4n) is 2.75. The molecule has 118 valence electrons. The summed E-state index contributed by atoms with van der Waals surface area (Å²) in [5.74, 6) is -1.57. The Morgan fingerprint density at radius 3 is 2.14 bits per heavy atom. The van der Waals surface area contributed by atoms with Crippen LogP contribution in [0.15, 0.2) is 24.3 Å². The molecule has 0 saturated heterocycles. The predicted molar refractivity (Wildman–Crippen MR) is 81.7 cm³/mol. The second-order valence-corrected chi connectivity index (χ2v) is 5.66. The second-order valence-electron chi connectivity index (χ2n) is 5.66. The molecule has 0 aliphatic heterocycles. The third-order valence-corrected chi connectivity index (χ3v) is 3.94. The average Bonchev–Trinajstić information content (AvgIpc) is 2.48. The number of benzene rings is 1. The second kappa shape index (κ2) is 6.60. The highest BCUT2D eigenvalue weighted by Gasteiger charge is 2.41. The summed E-state index contributed by atoms with van der Waals surface area (Å²) in [4.78, 5) is 34.8. The molecule has 0 heterocycles. The van der Waals surface area contributed by atoms with E-state index in [9.17, 15) is 19.5 Å². The maximum Gasteiger partial charge on any atom is 0.329 e. The zero-order valence-corrected chi connectivity index (χ0v) is 12.5. The van der Waals surface area contributed by atoms with E-state index in [1.54, 1.807) is 24.3 Å². The number of aliphatic carboxylic acids is 1. The summed E-state index contributed by atoms with van der Waals surface area (Å²) in [5.41, 5.74) is -0.194.